The number of hydrogen-bond acceptors (Lipinski definition) is 7. The van der Waals surface area contributed by atoms with Crippen molar-refractivity contribution in [2.45, 2.75) is 63.6 Å². The number of benzene rings is 3. The third-order valence-corrected chi connectivity index (χ3v) is 9.78. The van der Waals surface area contributed by atoms with Gasteiger partial charge in [0.2, 0.25) is 5.91 Å². The lowest BCUT2D eigenvalue weighted by molar-refractivity contribution is -0.276. The maximum absolute atomic E-state index is 13.1. The summed E-state index contributed by atoms with van der Waals surface area (Å²) in [5, 5.41) is 12.2. The monoisotopic (exact) mass is 680 g/mol. The van der Waals surface area contributed by atoms with Gasteiger partial charge in [-0.1, -0.05) is 73.7 Å². The van der Waals surface area contributed by atoms with Crippen LogP contribution in [0, 0.1) is 5.92 Å². The van der Waals surface area contributed by atoms with Crippen LogP contribution in [-0.4, -0.2) is 89.2 Å². The summed E-state index contributed by atoms with van der Waals surface area (Å²) in [5.74, 6) is -2.63. The first-order chi connectivity index (χ1) is 23.6. The van der Waals surface area contributed by atoms with E-state index in [-0.39, 0.29) is 37.7 Å². The second-order valence-corrected chi connectivity index (χ2v) is 13.1. The van der Waals surface area contributed by atoms with Crippen molar-refractivity contribution < 1.29 is 37.3 Å². The van der Waals surface area contributed by atoms with Crippen LogP contribution in [0.3, 0.4) is 0 Å². The highest BCUT2D eigenvalue weighted by Crippen LogP contribution is 2.42. The number of likely N-dealkylation sites (tertiary alicyclic amines) is 1. The van der Waals surface area contributed by atoms with Crippen molar-refractivity contribution in [2.24, 2.45) is 5.92 Å². The molecule has 0 spiro atoms. The molecule has 0 aromatic heterocycles. The number of anilines is 1. The number of nitrogens with zero attached hydrogens (tertiary/aromatic N) is 3. The molecule has 3 heterocycles. The van der Waals surface area contributed by atoms with Gasteiger partial charge in [0.15, 0.2) is 6.29 Å². The first kappa shape index (κ1) is 35.0. The average molecular weight is 681 g/mol. The number of carbonyl (C=O) groups excluding carboxylic acids is 2. The number of halogens is 3. The lowest BCUT2D eigenvalue weighted by Crippen LogP contribution is -2.51. The Hall–Kier alpha value is -3.81. The third-order valence-electron chi connectivity index (χ3n) is 9.78. The molecule has 3 aliphatic heterocycles. The predicted molar refractivity (Wildman–Crippen MR) is 177 cm³/mol. The fourth-order valence-electron chi connectivity index (χ4n) is 6.95. The van der Waals surface area contributed by atoms with E-state index in [0.717, 1.165) is 56.0 Å². The fourth-order valence-corrected chi connectivity index (χ4v) is 6.95. The summed E-state index contributed by atoms with van der Waals surface area (Å²) in [5.41, 5.74) is 4.22. The number of aliphatic hydroxyl groups is 1. The van der Waals surface area contributed by atoms with Gasteiger partial charge >= 0.3 is 12.1 Å². The van der Waals surface area contributed by atoms with E-state index in [9.17, 15) is 27.9 Å². The number of ether oxygens (including phenoxy) is 2. The van der Waals surface area contributed by atoms with Crippen LogP contribution in [0.5, 0.6) is 0 Å². The van der Waals surface area contributed by atoms with E-state index in [1.54, 1.807) is 24.3 Å². The molecule has 0 unspecified atom stereocenters. The number of hydrogen-bond donors (Lipinski definition) is 2. The van der Waals surface area contributed by atoms with Crippen molar-refractivity contribution in [3.63, 3.8) is 0 Å². The zero-order valence-electron chi connectivity index (χ0n) is 27.5. The fraction of sp³-hybridized carbons (Fsp3) is 0.459. The van der Waals surface area contributed by atoms with E-state index in [0.29, 0.717) is 17.0 Å². The highest BCUT2D eigenvalue weighted by atomic mass is 19.4. The van der Waals surface area contributed by atoms with Gasteiger partial charge in [-0.25, -0.2) is 0 Å². The maximum atomic E-state index is 13.1. The number of rotatable bonds is 9. The summed E-state index contributed by atoms with van der Waals surface area (Å²) in [6.45, 7) is 7.37. The van der Waals surface area contributed by atoms with Crippen LogP contribution in [0.2, 0.25) is 0 Å². The Morgan fingerprint density at radius 3 is 2.14 bits per heavy atom. The molecule has 3 aromatic carbocycles. The Balaban J connectivity index is 1.13. The quantitative estimate of drug-likeness (QED) is 0.318. The molecule has 2 N–H and O–H groups in total. The van der Waals surface area contributed by atoms with Crippen molar-refractivity contribution in [1.29, 1.82) is 0 Å². The number of aliphatic hydroxyl groups excluding tert-OH is 1. The Kier molecular flexibility index (Phi) is 11.0. The molecule has 262 valence electrons. The van der Waals surface area contributed by atoms with Gasteiger partial charge in [-0.2, -0.15) is 13.2 Å². The van der Waals surface area contributed by atoms with Crippen molar-refractivity contribution in [1.82, 2.24) is 14.7 Å². The Bertz CT molecular complexity index is 1550. The second-order valence-electron chi connectivity index (χ2n) is 13.1. The minimum Gasteiger partial charge on any atom is -0.392 e. The molecule has 0 saturated carbocycles. The van der Waals surface area contributed by atoms with Crippen LogP contribution < -0.4 is 5.32 Å². The van der Waals surface area contributed by atoms with Crippen LogP contribution in [-0.2, 0) is 32.2 Å². The first-order valence-electron chi connectivity index (χ1n) is 16.9. The molecule has 3 aliphatic rings. The Morgan fingerprint density at radius 1 is 0.837 bits per heavy atom. The van der Waals surface area contributed by atoms with Crippen molar-refractivity contribution in [3.8, 4) is 0 Å². The number of piperazine rings is 1. The number of alkyl halides is 3. The summed E-state index contributed by atoms with van der Waals surface area (Å²) < 4.78 is 52.4. The SMILES string of the molecule is C[C@@H]1[C@H](CN2CCN(Cc3ccccc3)CC2)O[C@H](c2ccc(NC(=O)[C@@H]3CCCN3C(=O)C(F)(F)F)cc2)O[C@@H]1c1ccc(CO)cc1. The molecule has 0 bridgehead atoms. The van der Waals surface area contributed by atoms with Crippen LogP contribution >= 0.6 is 0 Å². The topological polar surface area (TPSA) is 94.6 Å². The molecule has 2 amide bonds. The molecule has 9 nitrogen and oxygen atoms in total. The normalized spacial score (nSPS) is 25.3. The summed E-state index contributed by atoms with van der Waals surface area (Å²) in [7, 11) is 0. The van der Waals surface area contributed by atoms with Gasteiger partial charge in [-0.3, -0.25) is 19.4 Å². The van der Waals surface area contributed by atoms with Gasteiger partial charge in [0.25, 0.3) is 0 Å². The molecule has 0 radical (unpaired) electrons. The van der Waals surface area contributed by atoms with E-state index in [2.05, 4.69) is 46.3 Å². The molecule has 6 rings (SSSR count). The van der Waals surface area contributed by atoms with Crippen LogP contribution in [0.1, 0.15) is 54.4 Å². The molecule has 3 saturated heterocycles. The highest BCUT2D eigenvalue weighted by Gasteiger charge is 2.47. The molecular weight excluding hydrogens is 637 g/mol. The summed E-state index contributed by atoms with van der Waals surface area (Å²) >= 11 is 0. The third kappa shape index (κ3) is 8.50. The zero-order chi connectivity index (χ0) is 34.5. The summed E-state index contributed by atoms with van der Waals surface area (Å²) in [6, 6.07) is 23.9. The molecule has 0 aliphatic carbocycles. The molecule has 5 atom stereocenters. The van der Waals surface area contributed by atoms with Gasteiger partial charge in [-0.05, 0) is 41.7 Å². The molecular formula is C37H43F3N4O5. The van der Waals surface area contributed by atoms with Gasteiger partial charge in [0.05, 0.1) is 18.8 Å². The smallest absolute Gasteiger partial charge is 0.392 e. The molecule has 3 fully saturated rings. The molecule has 12 heteroatoms. The minimum atomic E-state index is -5.03. The standard InChI is InChI=1S/C37H43F3N4O5/c1-25-32(23-43-20-18-42(19-21-43)22-26-6-3-2-4-7-26)48-35(49-33(25)28-11-9-27(24-45)10-12-28)29-13-15-30(16-14-29)41-34(46)31-8-5-17-44(31)36(47)37(38,39)40/h2-4,6-7,9-16,25,31-33,35,45H,5,8,17-24H2,1H3,(H,41,46)/t25-,31+,32+,33+,35+/m1/s1. The molecule has 49 heavy (non-hydrogen) atoms. The van der Waals surface area contributed by atoms with E-state index in [4.69, 9.17) is 9.47 Å². The van der Waals surface area contributed by atoms with E-state index in [1.807, 2.05) is 30.3 Å². The highest BCUT2D eigenvalue weighted by molar-refractivity contribution is 5.98. The first-order valence-corrected chi connectivity index (χ1v) is 16.9. The summed E-state index contributed by atoms with van der Waals surface area (Å²) in [4.78, 5) is 30.3. The number of nitrogens with one attached hydrogen (secondary N) is 1. The largest absolute Gasteiger partial charge is 0.471 e. The van der Waals surface area contributed by atoms with Crippen molar-refractivity contribution >= 4 is 17.5 Å². The second kappa shape index (κ2) is 15.4. The van der Waals surface area contributed by atoms with Crippen molar-refractivity contribution in [2.75, 3.05) is 44.6 Å². The molecule has 3 aromatic rings. The number of amides is 2. The Morgan fingerprint density at radius 2 is 1.49 bits per heavy atom. The van der Waals surface area contributed by atoms with Crippen LogP contribution in [0.25, 0.3) is 0 Å². The van der Waals surface area contributed by atoms with Gasteiger partial charge in [0, 0.05) is 63.0 Å². The van der Waals surface area contributed by atoms with E-state index < -0.39 is 30.3 Å². The number of carbonyl (C=O) groups is 2. The maximum Gasteiger partial charge on any atom is 0.471 e. The van der Waals surface area contributed by atoms with Gasteiger partial charge in [-0.15, -0.1) is 0 Å². The van der Waals surface area contributed by atoms with Crippen molar-refractivity contribution in [3.05, 3.63) is 101 Å². The minimum absolute atomic E-state index is 0.0194. The van der Waals surface area contributed by atoms with E-state index >= 15 is 0 Å². The summed E-state index contributed by atoms with van der Waals surface area (Å²) in [6.07, 6.45) is -5.69. The van der Waals surface area contributed by atoms with E-state index in [1.165, 1.54) is 5.56 Å². The zero-order valence-corrected chi connectivity index (χ0v) is 27.5. The van der Waals surface area contributed by atoms with Gasteiger partial charge < -0.3 is 24.8 Å². The van der Waals surface area contributed by atoms with Crippen LogP contribution in [0.4, 0.5) is 18.9 Å². The lowest BCUT2D eigenvalue weighted by atomic mass is 9.90. The lowest BCUT2D eigenvalue weighted by Gasteiger charge is -2.44. The average Bonchev–Trinajstić information content (AvgIpc) is 3.60. The van der Waals surface area contributed by atoms with Crippen LogP contribution in [0.15, 0.2) is 78.9 Å². The van der Waals surface area contributed by atoms with Gasteiger partial charge in [0.1, 0.15) is 6.04 Å². The predicted octanol–water partition coefficient (Wildman–Crippen LogP) is 5.28. The Labute approximate surface area is 284 Å².